The number of piperidine rings is 1. The van der Waals surface area contributed by atoms with Crippen molar-refractivity contribution in [2.24, 2.45) is 0 Å². The summed E-state index contributed by atoms with van der Waals surface area (Å²) in [4.78, 5) is 6.80. The van der Waals surface area contributed by atoms with Crippen LogP contribution >= 0.6 is 0 Å². The van der Waals surface area contributed by atoms with Crippen LogP contribution in [0.15, 0.2) is 30.5 Å². The molecule has 6 nitrogen and oxygen atoms in total. The van der Waals surface area contributed by atoms with Crippen LogP contribution in [-0.4, -0.2) is 41.5 Å². The number of pyridine rings is 1. The summed E-state index contributed by atoms with van der Waals surface area (Å²) in [6, 6.07) is 5.96. The number of benzene rings is 1. The number of anilines is 2. The molecular weight excluding hydrogens is 407 g/mol. The quantitative estimate of drug-likeness (QED) is 0.614. The normalized spacial score (nSPS) is 16.8. The Kier molecular flexibility index (Phi) is 6.22. The van der Waals surface area contributed by atoms with Gasteiger partial charge in [0.2, 0.25) is 0 Å². The maximum atomic E-state index is 14.4. The van der Waals surface area contributed by atoms with E-state index in [0.29, 0.717) is 17.0 Å². The molecule has 3 heterocycles. The van der Waals surface area contributed by atoms with Crippen LogP contribution < -0.4 is 10.2 Å². The summed E-state index contributed by atoms with van der Waals surface area (Å²) >= 11 is 0. The highest BCUT2D eigenvalue weighted by atomic mass is 19.3. The van der Waals surface area contributed by atoms with Gasteiger partial charge in [-0.3, -0.25) is 4.98 Å². The predicted octanol–water partition coefficient (Wildman–Crippen LogP) is 4.64. The zero-order valence-corrected chi connectivity index (χ0v) is 17.4. The standard InChI is InChI=1S/C22H24F3N5O/c1-13-20-18(9-15(11-26-20)30-8-4-6-16(12-30)31-2)22(29-28-13)27-10-14-5-3-7-17(19(14)23)21(24)25/h3,5,7,9,11,16,21H,4,6,8,10,12H2,1-2H3,(H,27,29). The fourth-order valence-electron chi connectivity index (χ4n) is 3.90. The van der Waals surface area contributed by atoms with E-state index in [1.165, 1.54) is 12.1 Å². The Morgan fingerprint density at radius 3 is 2.90 bits per heavy atom. The first-order valence-corrected chi connectivity index (χ1v) is 10.2. The molecule has 9 heteroatoms. The summed E-state index contributed by atoms with van der Waals surface area (Å²) in [5, 5.41) is 12.1. The van der Waals surface area contributed by atoms with E-state index in [2.05, 4.69) is 25.4 Å². The molecule has 0 bridgehead atoms. The molecule has 0 aliphatic carbocycles. The number of methoxy groups -OCH3 is 1. The van der Waals surface area contributed by atoms with Crippen molar-refractivity contribution < 1.29 is 17.9 Å². The Morgan fingerprint density at radius 1 is 1.29 bits per heavy atom. The average molecular weight is 431 g/mol. The number of nitrogens with zero attached hydrogens (tertiary/aromatic N) is 4. The molecule has 1 N–H and O–H groups in total. The minimum Gasteiger partial charge on any atom is -0.380 e. The minimum absolute atomic E-state index is 0.00107. The molecule has 0 spiro atoms. The van der Waals surface area contributed by atoms with E-state index in [1.807, 2.05) is 19.2 Å². The molecule has 0 radical (unpaired) electrons. The van der Waals surface area contributed by atoms with E-state index in [-0.39, 0.29) is 18.2 Å². The number of fused-ring (bicyclic) bond motifs is 1. The fraction of sp³-hybridized carbons (Fsp3) is 0.409. The predicted molar refractivity (Wildman–Crippen MR) is 113 cm³/mol. The second kappa shape index (κ2) is 9.05. The molecule has 1 atom stereocenters. The highest BCUT2D eigenvalue weighted by Gasteiger charge is 2.21. The number of alkyl halides is 2. The number of ether oxygens (including phenoxy) is 1. The molecule has 1 unspecified atom stereocenters. The van der Waals surface area contributed by atoms with Crippen molar-refractivity contribution in [3.63, 3.8) is 0 Å². The smallest absolute Gasteiger partial charge is 0.266 e. The van der Waals surface area contributed by atoms with Gasteiger partial charge in [0, 0.05) is 37.7 Å². The first-order chi connectivity index (χ1) is 15.0. The van der Waals surface area contributed by atoms with Gasteiger partial charge >= 0.3 is 0 Å². The Bertz CT molecular complexity index is 1080. The molecule has 2 aromatic heterocycles. The molecular formula is C22H24F3N5O. The van der Waals surface area contributed by atoms with Gasteiger partial charge in [0.05, 0.1) is 34.8 Å². The molecule has 0 amide bonds. The van der Waals surface area contributed by atoms with Gasteiger partial charge in [-0.15, -0.1) is 5.10 Å². The van der Waals surface area contributed by atoms with Crippen LogP contribution in [0.4, 0.5) is 24.7 Å². The van der Waals surface area contributed by atoms with Gasteiger partial charge in [-0.05, 0) is 25.8 Å². The van der Waals surface area contributed by atoms with E-state index < -0.39 is 17.8 Å². The van der Waals surface area contributed by atoms with Crippen molar-refractivity contribution in [2.75, 3.05) is 30.4 Å². The van der Waals surface area contributed by atoms with Crippen LogP contribution in [0.2, 0.25) is 0 Å². The number of halogens is 3. The lowest BCUT2D eigenvalue weighted by atomic mass is 10.1. The van der Waals surface area contributed by atoms with Crippen LogP contribution in [0.5, 0.6) is 0 Å². The van der Waals surface area contributed by atoms with Crippen molar-refractivity contribution in [1.82, 2.24) is 15.2 Å². The first kappa shape index (κ1) is 21.3. The number of aryl methyl sites for hydroxylation is 1. The molecule has 164 valence electrons. The lowest BCUT2D eigenvalue weighted by molar-refractivity contribution is 0.0893. The summed E-state index contributed by atoms with van der Waals surface area (Å²) in [5.41, 5.74) is 1.82. The molecule has 1 saturated heterocycles. The van der Waals surface area contributed by atoms with Crippen molar-refractivity contribution >= 4 is 22.4 Å². The zero-order chi connectivity index (χ0) is 22.0. The largest absolute Gasteiger partial charge is 0.380 e. The van der Waals surface area contributed by atoms with Gasteiger partial charge in [0.15, 0.2) is 5.82 Å². The first-order valence-electron chi connectivity index (χ1n) is 10.2. The van der Waals surface area contributed by atoms with Crippen LogP contribution in [-0.2, 0) is 11.3 Å². The molecule has 0 saturated carbocycles. The molecule has 4 rings (SSSR count). The monoisotopic (exact) mass is 431 g/mol. The van der Waals surface area contributed by atoms with Gasteiger partial charge in [-0.1, -0.05) is 18.2 Å². The van der Waals surface area contributed by atoms with Crippen LogP contribution in [0.3, 0.4) is 0 Å². The average Bonchev–Trinajstić information content (AvgIpc) is 2.79. The van der Waals surface area contributed by atoms with Crippen LogP contribution in [0.25, 0.3) is 10.9 Å². The summed E-state index contributed by atoms with van der Waals surface area (Å²) < 4.78 is 45.9. The van der Waals surface area contributed by atoms with E-state index in [1.54, 1.807) is 7.11 Å². The Hall–Kier alpha value is -2.94. The van der Waals surface area contributed by atoms with Gasteiger partial charge in [0.1, 0.15) is 5.82 Å². The summed E-state index contributed by atoms with van der Waals surface area (Å²) in [5.74, 6) is -0.482. The molecule has 31 heavy (non-hydrogen) atoms. The third-order valence-electron chi connectivity index (χ3n) is 5.64. The third kappa shape index (κ3) is 4.41. The molecule has 1 aliphatic rings. The highest BCUT2D eigenvalue weighted by Crippen LogP contribution is 2.29. The zero-order valence-electron chi connectivity index (χ0n) is 17.4. The summed E-state index contributed by atoms with van der Waals surface area (Å²) in [6.45, 7) is 3.49. The van der Waals surface area contributed by atoms with Gasteiger partial charge < -0.3 is 15.0 Å². The van der Waals surface area contributed by atoms with E-state index in [9.17, 15) is 13.2 Å². The molecule has 1 aromatic carbocycles. The molecule has 3 aromatic rings. The maximum absolute atomic E-state index is 14.4. The number of aromatic nitrogens is 3. The van der Waals surface area contributed by atoms with E-state index in [4.69, 9.17) is 4.74 Å². The number of rotatable bonds is 6. The van der Waals surface area contributed by atoms with Gasteiger partial charge in [-0.2, -0.15) is 5.10 Å². The minimum atomic E-state index is -2.87. The van der Waals surface area contributed by atoms with Crippen molar-refractivity contribution in [2.45, 2.75) is 38.8 Å². The van der Waals surface area contributed by atoms with Gasteiger partial charge in [0.25, 0.3) is 6.43 Å². The summed E-state index contributed by atoms with van der Waals surface area (Å²) in [6.07, 6.45) is 1.16. The lowest BCUT2D eigenvalue weighted by Crippen LogP contribution is -2.39. The van der Waals surface area contributed by atoms with Gasteiger partial charge in [-0.25, -0.2) is 13.2 Å². The number of hydrogen-bond donors (Lipinski definition) is 1. The van der Waals surface area contributed by atoms with Crippen molar-refractivity contribution in [3.05, 3.63) is 53.1 Å². The number of nitrogens with one attached hydrogen (secondary N) is 1. The third-order valence-corrected chi connectivity index (χ3v) is 5.64. The topological polar surface area (TPSA) is 63.2 Å². The second-order valence-electron chi connectivity index (χ2n) is 7.64. The summed E-state index contributed by atoms with van der Waals surface area (Å²) in [7, 11) is 1.72. The van der Waals surface area contributed by atoms with E-state index >= 15 is 0 Å². The van der Waals surface area contributed by atoms with Crippen molar-refractivity contribution in [3.8, 4) is 0 Å². The Morgan fingerprint density at radius 2 is 2.13 bits per heavy atom. The van der Waals surface area contributed by atoms with Crippen LogP contribution in [0.1, 0.15) is 36.1 Å². The Balaban J connectivity index is 1.63. The lowest BCUT2D eigenvalue weighted by Gasteiger charge is -2.33. The maximum Gasteiger partial charge on any atom is 0.266 e. The number of hydrogen-bond acceptors (Lipinski definition) is 6. The van der Waals surface area contributed by atoms with E-state index in [0.717, 1.165) is 43.1 Å². The van der Waals surface area contributed by atoms with Crippen LogP contribution in [0, 0.1) is 12.7 Å². The molecule has 1 fully saturated rings. The Labute approximate surface area is 178 Å². The SMILES string of the molecule is COC1CCCN(c2cnc3c(C)nnc(NCc4cccc(C(F)F)c4F)c3c2)C1. The highest BCUT2D eigenvalue weighted by molar-refractivity contribution is 5.92. The molecule has 1 aliphatic heterocycles. The fourth-order valence-corrected chi connectivity index (χ4v) is 3.90. The second-order valence-corrected chi connectivity index (χ2v) is 7.64. The van der Waals surface area contributed by atoms with Crippen molar-refractivity contribution in [1.29, 1.82) is 0 Å².